The molecule has 1 fully saturated rings. The van der Waals surface area contributed by atoms with E-state index in [1.807, 2.05) is 30.7 Å². The number of aromatic nitrogens is 2. The Morgan fingerprint density at radius 2 is 2.35 bits per heavy atom. The Labute approximate surface area is 125 Å². The van der Waals surface area contributed by atoms with E-state index in [9.17, 15) is 0 Å². The molecule has 1 aromatic heterocycles. The molecule has 0 aliphatic carbocycles. The number of benzene rings is 1. The Morgan fingerprint density at radius 1 is 1.45 bits per heavy atom. The molecular formula is C16H20ClN3. The van der Waals surface area contributed by atoms with Crippen LogP contribution in [0.2, 0.25) is 5.02 Å². The summed E-state index contributed by atoms with van der Waals surface area (Å²) in [5.74, 6) is 0.663. The van der Waals surface area contributed by atoms with Gasteiger partial charge >= 0.3 is 0 Å². The molecule has 2 unspecified atom stereocenters. The summed E-state index contributed by atoms with van der Waals surface area (Å²) in [6.07, 6.45) is 6.41. The molecule has 1 N–H and O–H groups in total. The molecular weight excluding hydrogens is 270 g/mol. The molecule has 1 aliphatic rings. The highest BCUT2D eigenvalue weighted by Crippen LogP contribution is 2.30. The van der Waals surface area contributed by atoms with E-state index in [2.05, 4.69) is 27.9 Å². The van der Waals surface area contributed by atoms with Gasteiger partial charge in [0.05, 0.1) is 18.2 Å². The third-order valence-electron chi connectivity index (χ3n) is 4.24. The summed E-state index contributed by atoms with van der Waals surface area (Å²) < 4.78 is 2.28. The highest BCUT2D eigenvalue weighted by atomic mass is 35.5. The fourth-order valence-electron chi connectivity index (χ4n) is 3.02. The Kier molecular flexibility index (Phi) is 4.08. The van der Waals surface area contributed by atoms with Crippen molar-refractivity contribution in [2.75, 3.05) is 13.1 Å². The van der Waals surface area contributed by atoms with Gasteiger partial charge in [0.1, 0.15) is 0 Å². The van der Waals surface area contributed by atoms with Crippen LogP contribution in [0.5, 0.6) is 0 Å². The summed E-state index contributed by atoms with van der Waals surface area (Å²) in [4.78, 5) is 4.34. The van der Waals surface area contributed by atoms with Crippen molar-refractivity contribution in [3.63, 3.8) is 0 Å². The Balaban J connectivity index is 1.89. The van der Waals surface area contributed by atoms with Crippen LogP contribution in [-0.2, 0) is 0 Å². The highest BCUT2D eigenvalue weighted by molar-refractivity contribution is 6.30. The quantitative estimate of drug-likeness (QED) is 0.932. The zero-order valence-corrected chi connectivity index (χ0v) is 12.5. The molecule has 1 aliphatic heterocycles. The Hall–Kier alpha value is -1.32. The van der Waals surface area contributed by atoms with E-state index < -0.39 is 0 Å². The highest BCUT2D eigenvalue weighted by Gasteiger charge is 2.22. The molecule has 4 heteroatoms. The van der Waals surface area contributed by atoms with E-state index in [1.165, 1.54) is 12.8 Å². The normalized spacial score (nSPS) is 20.8. The van der Waals surface area contributed by atoms with Gasteiger partial charge in [0.2, 0.25) is 0 Å². The van der Waals surface area contributed by atoms with Crippen LogP contribution in [0.4, 0.5) is 0 Å². The summed E-state index contributed by atoms with van der Waals surface area (Å²) >= 11 is 6.10. The number of hydrogen-bond donors (Lipinski definition) is 1. The molecule has 0 bridgehead atoms. The fraction of sp³-hybridized carbons (Fsp3) is 0.438. The Bertz CT molecular complexity index is 573. The molecule has 0 radical (unpaired) electrons. The van der Waals surface area contributed by atoms with E-state index in [-0.39, 0.29) is 0 Å². The van der Waals surface area contributed by atoms with Gasteiger partial charge in [-0.05, 0) is 50.9 Å². The minimum Gasteiger partial charge on any atom is -0.327 e. The molecule has 2 aromatic rings. The zero-order valence-electron chi connectivity index (χ0n) is 11.7. The van der Waals surface area contributed by atoms with Crippen molar-refractivity contribution >= 4 is 11.6 Å². The molecule has 20 heavy (non-hydrogen) atoms. The molecule has 106 valence electrons. The molecule has 0 saturated carbocycles. The van der Waals surface area contributed by atoms with Gasteiger partial charge in [-0.3, -0.25) is 0 Å². The van der Waals surface area contributed by atoms with Gasteiger partial charge in [-0.2, -0.15) is 0 Å². The van der Waals surface area contributed by atoms with Crippen LogP contribution in [0.15, 0.2) is 36.8 Å². The molecule has 1 aromatic carbocycles. The van der Waals surface area contributed by atoms with Crippen LogP contribution < -0.4 is 5.32 Å². The smallest absolute Gasteiger partial charge is 0.0953 e. The monoisotopic (exact) mass is 289 g/mol. The van der Waals surface area contributed by atoms with E-state index in [0.29, 0.717) is 12.0 Å². The van der Waals surface area contributed by atoms with Crippen LogP contribution in [0.3, 0.4) is 0 Å². The third kappa shape index (κ3) is 2.74. The maximum absolute atomic E-state index is 6.10. The average Bonchev–Trinajstić information content (AvgIpc) is 2.97. The van der Waals surface area contributed by atoms with Gasteiger partial charge < -0.3 is 9.88 Å². The Morgan fingerprint density at radius 3 is 3.10 bits per heavy atom. The second-order valence-electron chi connectivity index (χ2n) is 5.54. The first-order valence-corrected chi connectivity index (χ1v) is 7.62. The van der Waals surface area contributed by atoms with Crippen LogP contribution in [-0.4, -0.2) is 22.6 Å². The number of hydrogen-bond acceptors (Lipinski definition) is 2. The lowest BCUT2D eigenvalue weighted by Crippen LogP contribution is -2.34. The minimum absolute atomic E-state index is 0.444. The molecule has 2 heterocycles. The van der Waals surface area contributed by atoms with Crippen molar-refractivity contribution in [1.82, 2.24) is 14.9 Å². The molecule has 1 saturated heterocycles. The standard InChI is InChI=1S/C16H20ClN3/c1-12(14-5-3-7-18-9-14)20-11-19-10-16(20)13-4-2-6-15(17)8-13/h2,4,6,8,10-12,14,18H,3,5,7,9H2,1H3. The minimum atomic E-state index is 0.444. The second kappa shape index (κ2) is 5.98. The zero-order chi connectivity index (χ0) is 13.9. The molecule has 2 atom stereocenters. The van der Waals surface area contributed by atoms with Crippen molar-refractivity contribution in [3.8, 4) is 11.3 Å². The van der Waals surface area contributed by atoms with Crippen LogP contribution in [0, 0.1) is 5.92 Å². The van der Waals surface area contributed by atoms with Crippen molar-refractivity contribution in [3.05, 3.63) is 41.8 Å². The SMILES string of the molecule is CC(C1CCCNC1)n1cncc1-c1cccc(Cl)c1. The van der Waals surface area contributed by atoms with Crippen molar-refractivity contribution in [1.29, 1.82) is 0 Å². The molecule has 0 amide bonds. The second-order valence-corrected chi connectivity index (χ2v) is 5.98. The first kappa shape index (κ1) is 13.7. The van der Waals surface area contributed by atoms with E-state index in [0.717, 1.165) is 29.4 Å². The van der Waals surface area contributed by atoms with E-state index in [4.69, 9.17) is 11.6 Å². The maximum atomic E-state index is 6.10. The lowest BCUT2D eigenvalue weighted by molar-refractivity contribution is 0.281. The number of piperidine rings is 1. The fourth-order valence-corrected chi connectivity index (χ4v) is 3.21. The van der Waals surface area contributed by atoms with Gasteiger partial charge in [-0.25, -0.2) is 4.98 Å². The van der Waals surface area contributed by atoms with Crippen molar-refractivity contribution in [2.45, 2.75) is 25.8 Å². The van der Waals surface area contributed by atoms with Crippen LogP contribution in [0.25, 0.3) is 11.3 Å². The number of nitrogens with one attached hydrogen (secondary N) is 1. The summed E-state index contributed by atoms with van der Waals surface area (Å²) in [7, 11) is 0. The average molecular weight is 290 g/mol. The summed E-state index contributed by atoms with van der Waals surface area (Å²) in [6.45, 7) is 4.52. The van der Waals surface area contributed by atoms with Crippen LogP contribution >= 0.6 is 11.6 Å². The predicted molar refractivity (Wildman–Crippen MR) is 83.0 cm³/mol. The topological polar surface area (TPSA) is 29.9 Å². The lowest BCUT2D eigenvalue weighted by Gasteiger charge is -2.30. The van der Waals surface area contributed by atoms with Crippen molar-refractivity contribution in [2.24, 2.45) is 5.92 Å². The van der Waals surface area contributed by atoms with E-state index >= 15 is 0 Å². The molecule has 0 spiro atoms. The summed E-state index contributed by atoms with van der Waals surface area (Å²) in [6, 6.07) is 8.42. The largest absolute Gasteiger partial charge is 0.327 e. The summed E-state index contributed by atoms with van der Waals surface area (Å²) in [5.41, 5.74) is 2.27. The number of halogens is 1. The molecule has 3 nitrogen and oxygen atoms in total. The number of rotatable bonds is 3. The van der Waals surface area contributed by atoms with Gasteiger partial charge in [0, 0.05) is 16.6 Å². The number of nitrogens with zero attached hydrogens (tertiary/aromatic N) is 2. The van der Waals surface area contributed by atoms with Crippen LogP contribution in [0.1, 0.15) is 25.8 Å². The third-order valence-corrected chi connectivity index (χ3v) is 4.48. The number of imidazole rings is 1. The van der Waals surface area contributed by atoms with Gasteiger partial charge in [-0.1, -0.05) is 23.7 Å². The predicted octanol–water partition coefficient (Wildman–Crippen LogP) is 3.76. The molecule has 3 rings (SSSR count). The van der Waals surface area contributed by atoms with Gasteiger partial charge in [0.15, 0.2) is 0 Å². The van der Waals surface area contributed by atoms with E-state index in [1.54, 1.807) is 0 Å². The van der Waals surface area contributed by atoms with Gasteiger partial charge in [-0.15, -0.1) is 0 Å². The van der Waals surface area contributed by atoms with Gasteiger partial charge in [0.25, 0.3) is 0 Å². The first-order valence-electron chi connectivity index (χ1n) is 7.24. The maximum Gasteiger partial charge on any atom is 0.0953 e. The lowest BCUT2D eigenvalue weighted by atomic mass is 9.92. The first-order chi connectivity index (χ1) is 9.75. The summed E-state index contributed by atoms with van der Waals surface area (Å²) in [5, 5.41) is 4.26. The van der Waals surface area contributed by atoms with Crippen molar-refractivity contribution < 1.29 is 0 Å².